The fraction of sp³-hybridized carbons (Fsp3) is 0.222. The van der Waals surface area contributed by atoms with Crippen LogP contribution < -0.4 is 0 Å². The number of nitrogens with zero attached hydrogens (tertiary/aromatic N) is 2. The van der Waals surface area contributed by atoms with Crippen molar-refractivity contribution in [3.63, 3.8) is 0 Å². The van der Waals surface area contributed by atoms with E-state index in [-0.39, 0.29) is 12.1 Å². The smallest absolute Gasteiger partial charge is 0.309 e. The number of pyridine rings is 1. The van der Waals surface area contributed by atoms with E-state index in [0.717, 1.165) is 5.56 Å². The second kappa shape index (κ2) is 3.68. The highest BCUT2D eigenvalue weighted by molar-refractivity contribution is 5.69. The molecule has 0 unspecified atom stereocenters. The summed E-state index contributed by atoms with van der Waals surface area (Å²) in [4.78, 5) is 14.2. The van der Waals surface area contributed by atoms with Gasteiger partial charge in [-0.3, -0.25) is 4.79 Å². The molecule has 0 saturated carbocycles. The van der Waals surface area contributed by atoms with Crippen LogP contribution in [0.15, 0.2) is 12.1 Å². The number of carboxylic acids is 1. The van der Waals surface area contributed by atoms with Crippen LogP contribution in [0.3, 0.4) is 0 Å². The zero-order chi connectivity index (χ0) is 9.84. The van der Waals surface area contributed by atoms with E-state index in [1.54, 1.807) is 19.1 Å². The van der Waals surface area contributed by atoms with Gasteiger partial charge in [-0.25, -0.2) is 4.98 Å². The molecule has 1 rings (SSSR count). The number of aryl methyl sites for hydroxylation is 1. The molecule has 1 N–H and O–H groups in total. The molecule has 0 atom stereocenters. The Kier molecular flexibility index (Phi) is 2.60. The second-order valence-electron chi connectivity index (χ2n) is 2.70. The van der Waals surface area contributed by atoms with Crippen LogP contribution in [-0.2, 0) is 11.2 Å². The molecule has 4 heteroatoms. The van der Waals surface area contributed by atoms with Crippen LogP contribution in [0.5, 0.6) is 0 Å². The highest BCUT2D eigenvalue weighted by Crippen LogP contribution is 2.04. The molecule has 13 heavy (non-hydrogen) atoms. The van der Waals surface area contributed by atoms with Crippen LogP contribution in [0.2, 0.25) is 0 Å². The molecule has 0 aromatic carbocycles. The van der Waals surface area contributed by atoms with Gasteiger partial charge in [0, 0.05) is 0 Å². The largest absolute Gasteiger partial charge is 0.481 e. The van der Waals surface area contributed by atoms with Crippen molar-refractivity contribution < 1.29 is 9.90 Å². The number of aromatic nitrogens is 1. The standard InChI is InChI=1S/C9H8N2O2/c1-6-2-7(4-9(12)13)11-8(3-6)5-10/h2-3H,4H2,1H3,(H,12,13). The van der Waals surface area contributed by atoms with Gasteiger partial charge in [0.2, 0.25) is 0 Å². The molecule has 1 aromatic rings. The minimum Gasteiger partial charge on any atom is -0.481 e. The lowest BCUT2D eigenvalue weighted by Crippen LogP contribution is -2.03. The van der Waals surface area contributed by atoms with Gasteiger partial charge in [-0.05, 0) is 24.6 Å². The van der Waals surface area contributed by atoms with Crippen LogP contribution in [0.4, 0.5) is 0 Å². The van der Waals surface area contributed by atoms with Gasteiger partial charge in [0.1, 0.15) is 11.8 Å². The summed E-state index contributed by atoms with van der Waals surface area (Å²) in [6, 6.07) is 5.16. The highest BCUT2D eigenvalue weighted by Gasteiger charge is 2.04. The maximum Gasteiger partial charge on any atom is 0.309 e. The number of nitriles is 1. The van der Waals surface area contributed by atoms with E-state index < -0.39 is 5.97 Å². The monoisotopic (exact) mass is 176 g/mol. The predicted molar refractivity (Wildman–Crippen MR) is 45.0 cm³/mol. The lowest BCUT2D eigenvalue weighted by atomic mass is 10.2. The van der Waals surface area contributed by atoms with E-state index in [9.17, 15) is 4.79 Å². The van der Waals surface area contributed by atoms with Gasteiger partial charge in [0.05, 0.1) is 12.1 Å². The molecule has 0 aliphatic heterocycles. The second-order valence-corrected chi connectivity index (χ2v) is 2.70. The Morgan fingerprint density at radius 2 is 2.38 bits per heavy atom. The lowest BCUT2D eigenvalue weighted by Gasteiger charge is -1.98. The Labute approximate surface area is 75.5 Å². The topological polar surface area (TPSA) is 74.0 Å². The van der Waals surface area contributed by atoms with Gasteiger partial charge in [-0.15, -0.1) is 0 Å². The molecular weight excluding hydrogens is 168 g/mol. The van der Waals surface area contributed by atoms with E-state index in [1.807, 2.05) is 6.07 Å². The number of carbonyl (C=O) groups is 1. The van der Waals surface area contributed by atoms with Crippen molar-refractivity contribution in [2.75, 3.05) is 0 Å². The number of hydrogen-bond acceptors (Lipinski definition) is 3. The number of carboxylic acid groups (broad SMARTS) is 1. The van der Waals surface area contributed by atoms with Gasteiger partial charge in [0.25, 0.3) is 0 Å². The summed E-state index contributed by atoms with van der Waals surface area (Å²) in [7, 11) is 0. The van der Waals surface area contributed by atoms with Gasteiger partial charge in [-0.2, -0.15) is 5.26 Å². The Hall–Kier alpha value is -1.89. The van der Waals surface area contributed by atoms with Crippen LogP contribution in [0.25, 0.3) is 0 Å². The fourth-order valence-corrected chi connectivity index (χ4v) is 1.04. The molecule has 0 radical (unpaired) electrons. The Morgan fingerprint density at radius 1 is 1.69 bits per heavy atom. The summed E-state index contributed by atoms with van der Waals surface area (Å²) in [6.45, 7) is 1.80. The molecule has 0 saturated heterocycles. The SMILES string of the molecule is Cc1cc(C#N)nc(CC(=O)O)c1. The van der Waals surface area contributed by atoms with Crippen molar-refractivity contribution >= 4 is 5.97 Å². The lowest BCUT2D eigenvalue weighted by molar-refractivity contribution is -0.136. The third-order valence-electron chi connectivity index (χ3n) is 1.47. The first-order valence-electron chi connectivity index (χ1n) is 3.71. The summed E-state index contributed by atoms with van der Waals surface area (Å²) in [5.41, 5.74) is 1.53. The summed E-state index contributed by atoms with van der Waals surface area (Å²) in [6.07, 6.45) is -0.143. The number of hydrogen-bond donors (Lipinski definition) is 1. The zero-order valence-corrected chi connectivity index (χ0v) is 7.11. The fourth-order valence-electron chi connectivity index (χ4n) is 1.04. The molecule has 0 bridgehead atoms. The van der Waals surface area contributed by atoms with E-state index in [0.29, 0.717) is 5.69 Å². The van der Waals surface area contributed by atoms with Crippen molar-refractivity contribution in [2.45, 2.75) is 13.3 Å². The third-order valence-corrected chi connectivity index (χ3v) is 1.47. The van der Waals surface area contributed by atoms with Gasteiger partial charge >= 0.3 is 5.97 Å². The molecular formula is C9H8N2O2. The van der Waals surface area contributed by atoms with Crippen LogP contribution in [-0.4, -0.2) is 16.1 Å². The first-order valence-corrected chi connectivity index (χ1v) is 3.71. The average Bonchev–Trinajstić information content (AvgIpc) is 2.01. The number of rotatable bonds is 2. The van der Waals surface area contributed by atoms with E-state index >= 15 is 0 Å². The summed E-state index contributed by atoms with van der Waals surface area (Å²) in [5, 5.41) is 17.1. The summed E-state index contributed by atoms with van der Waals surface area (Å²) < 4.78 is 0. The Bertz CT molecular complexity index is 380. The van der Waals surface area contributed by atoms with Crippen molar-refractivity contribution in [3.05, 3.63) is 29.1 Å². The third kappa shape index (κ3) is 2.56. The van der Waals surface area contributed by atoms with Crippen molar-refractivity contribution in [1.29, 1.82) is 5.26 Å². The van der Waals surface area contributed by atoms with Crippen molar-refractivity contribution in [2.24, 2.45) is 0 Å². The van der Waals surface area contributed by atoms with E-state index in [1.165, 1.54) is 0 Å². The molecule has 0 amide bonds. The summed E-state index contributed by atoms with van der Waals surface area (Å²) >= 11 is 0. The predicted octanol–water partition coefficient (Wildman–Crippen LogP) is 0.889. The Balaban J connectivity index is 3.03. The van der Waals surface area contributed by atoms with Crippen LogP contribution in [0.1, 0.15) is 17.0 Å². The van der Waals surface area contributed by atoms with Crippen molar-refractivity contribution in [1.82, 2.24) is 4.98 Å². The zero-order valence-electron chi connectivity index (χ0n) is 7.11. The first-order chi connectivity index (χ1) is 6.11. The average molecular weight is 176 g/mol. The highest BCUT2D eigenvalue weighted by atomic mass is 16.4. The van der Waals surface area contributed by atoms with Crippen molar-refractivity contribution in [3.8, 4) is 6.07 Å². The van der Waals surface area contributed by atoms with E-state index in [4.69, 9.17) is 10.4 Å². The molecule has 4 nitrogen and oxygen atoms in total. The summed E-state index contributed by atoms with van der Waals surface area (Å²) in [5.74, 6) is -0.943. The van der Waals surface area contributed by atoms with Gasteiger partial charge < -0.3 is 5.11 Å². The molecule has 0 fully saturated rings. The van der Waals surface area contributed by atoms with E-state index in [2.05, 4.69) is 4.98 Å². The first kappa shape index (κ1) is 9.20. The molecule has 0 spiro atoms. The normalized spacial score (nSPS) is 9.23. The van der Waals surface area contributed by atoms with Crippen LogP contribution in [0, 0.1) is 18.3 Å². The van der Waals surface area contributed by atoms with Gasteiger partial charge in [0.15, 0.2) is 0 Å². The quantitative estimate of drug-likeness (QED) is 0.726. The van der Waals surface area contributed by atoms with Crippen LogP contribution >= 0.6 is 0 Å². The Morgan fingerprint density at radius 3 is 2.92 bits per heavy atom. The molecule has 0 aliphatic carbocycles. The minimum absolute atomic E-state index is 0.143. The molecule has 0 aliphatic rings. The molecule has 1 heterocycles. The van der Waals surface area contributed by atoms with Gasteiger partial charge in [-0.1, -0.05) is 0 Å². The maximum absolute atomic E-state index is 10.4. The maximum atomic E-state index is 10.4. The minimum atomic E-state index is -0.943. The molecule has 1 aromatic heterocycles. The molecule has 66 valence electrons. The number of aliphatic carboxylic acids is 1.